The van der Waals surface area contributed by atoms with Gasteiger partial charge in [0.05, 0.1) is 0 Å². The fourth-order valence-corrected chi connectivity index (χ4v) is 3.14. The van der Waals surface area contributed by atoms with Crippen molar-refractivity contribution in [1.29, 1.82) is 0 Å². The summed E-state index contributed by atoms with van der Waals surface area (Å²) < 4.78 is 84.6. The van der Waals surface area contributed by atoms with Crippen LogP contribution in [0.2, 0.25) is 0 Å². The summed E-state index contributed by atoms with van der Waals surface area (Å²) in [5, 5.41) is 0. The van der Waals surface area contributed by atoms with E-state index < -0.39 is 35.3 Å². The summed E-state index contributed by atoms with van der Waals surface area (Å²) in [4.78, 5) is 0. The second kappa shape index (κ2) is 6.63. The molecule has 0 aliphatic heterocycles. The molecule has 1 aliphatic carbocycles. The fourth-order valence-electron chi connectivity index (χ4n) is 3.14. The zero-order valence-electron chi connectivity index (χ0n) is 14.9. The van der Waals surface area contributed by atoms with Crippen LogP contribution in [0.5, 0.6) is 0 Å². The van der Waals surface area contributed by atoms with E-state index in [9.17, 15) is 26.3 Å². The molecule has 0 spiro atoms. The quantitative estimate of drug-likeness (QED) is 0.495. The van der Waals surface area contributed by atoms with Gasteiger partial charge in [0.1, 0.15) is 0 Å². The molecular formula is C20H20F6. The van der Waals surface area contributed by atoms with Crippen molar-refractivity contribution in [2.75, 3.05) is 0 Å². The first-order chi connectivity index (χ1) is 11.8. The summed E-state index contributed by atoms with van der Waals surface area (Å²) in [6.07, 6.45) is -7.79. The van der Waals surface area contributed by atoms with Gasteiger partial charge < -0.3 is 0 Å². The van der Waals surface area contributed by atoms with Crippen molar-refractivity contribution in [3.05, 3.63) is 69.8 Å². The van der Waals surface area contributed by atoms with Crippen LogP contribution < -0.4 is 0 Å². The van der Waals surface area contributed by atoms with Crippen molar-refractivity contribution in [1.82, 2.24) is 0 Å². The Balaban J connectivity index is 2.88. The maximum absolute atomic E-state index is 14.1. The molecule has 142 valence electrons. The molecule has 0 radical (unpaired) electrons. The molecule has 1 aliphatic rings. The second-order valence-electron chi connectivity index (χ2n) is 6.68. The SMILES string of the molecule is CC1=CC=C(C(c2ccc(C)c(C)c2)(C(F)(F)F)C(F)(F)F)CC=C1C. The lowest BCUT2D eigenvalue weighted by Crippen LogP contribution is -2.55. The highest BCUT2D eigenvalue weighted by Crippen LogP contribution is 2.57. The maximum Gasteiger partial charge on any atom is 0.410 e. The van der Waals surface area contributed by atoms with Crippen molar-refractivity contribution < 1.29 is 26.3 Å². The second-order valence-corrected chi connectivity index (χ2v) is 6.68. The Morgan fingerprint density at radius 1 is 0.731 bits per heavy atom. The van der Waals surface area contributed by atoms with Crippen LogP contribution in [0.3, 0.4) is 0 Å². The molecular weight excluding hydrogens is 354 g/mol. The predicted molar refractivity (Wildman–Crippen MR) is 89.9 cm³/mol. The van der Waals surface area contributed by atoms with Gasteiger partial charge in [-0.05, 0) is 62.0 Å². The van der Waals surface area contributed by atoms with E-state index in [0.29, 0.717) is 22.3 Å². The van der Waals surface area contributed by atoms with Crippen molar-refractivity contribution in [2.24, 2.45) is 0 Å². The number of allylic oxidation sites excluding steroid dienone is 6. The molecule has 6 heteroatoms. The first-order valence-corrected chi connectivity index (χ1v) is 8.08. The Morgan fingerprint density at radius 3 is 1.81 bits per heavy atom. The van der Waals surface area contributed by atoms with E-state index in [1.54, 1.807) is 20.8 Å². The minimum absolute atomic E-state index is 0.382. The molecule has 0 saturated carbocycles. The van der Waals surface area contributed by atoms with Gasteiger partial charge in [-0.15, -0.1) is 0 Å². The Labute approximate surface area is 148 Å². The largest absolute Gasteiger partial charge is 0.410 e. The third-order valence-corrected chi connectivity index (χ3v) is 5.06. The van der Waals surface area contributed by atoms with Crippen molar-refractivity contribution >= 4 is 0 Å². The zero-order chi connectivity index (χ0) is 19.9. The van der Waals surface area contributed by atoms with E-state index in [0.717, 1.165) is 18.2 Å². The molecule has 0 saturated heterocycles. The summed E-state index contributed by atoms with van der Waals surface area (Å²) >= 11 is 0. The molecule has 1 aromatic rings. The number of benzene rings is 1. The molecule has 26 heavy (non-hydrogen) atoms. The minimum atomic E-state index is -5.54. The van der Waals surface area contributed by atoms with Crippen LogP contribution >= 0.6 is 0 Å². The molecule has 0 unspecified atom stereocenters. The summed E-state index contributed by atoms with van der Waals surface area (Å²) in [5.74, 6) is 0. The van der Waals surface area contributed by atoms with E-state index in [1.165, 1.54) is 25.1 Å². The highest BCUT2D eigenvalue weighted by atomic mass is 19.4. The molecule has 1 aromatic carbocycles. The molecule has 0 N–H and O–H groups in total. The van der Waals surface area contributed by atoms with Crippen LogP contribution in [0.25, 0.3) is 0 Å². The van der Waals surface area contributed by atoms with E-state index in [4.69, 9.17) is 0 Å². The summed E-state index contributed by atoms with van der Waals surface area (Å²) in [7, 11) is 0. The van der Waals surface area contributed by atoms with Crippen molar-refractivity contribution in [3.8, 4) is 0 Å². The standard InChI is InChI=1S/C20H20F6/c1-12-5-8-16(9-6-13(12)2)18(19(21,22)23,20(24,25)26)17-10-7-14(3)15(4)11-17/h5-8,10-11H,9H2,1-4H3. The van der Waals surface area contributed by atoms with E-state index in [2.05, 4.69) is 0 Å². The Morgan fingerprint density at radius 2 is 1.31 bits per heavy atom. The molecule has 0 atom stereocenters. The van der Waals surface area contributed by atoms with Crippen LogP contribution in [-0.2, 0) is 5.41 Å². The van der Waals surface area contributed by atoms with Gasteiger partial charge in [0.15, 0.2) is 0 Å². The normalized spacial score (nSPS) is 16.6. The van der Waals surface area contributed by atoms with Gasteiger partial charge in [-0.25, -0.2) is 0 Å². The van der Waals surface area contributed by atoms with Crippen molar-refractivity contribution in [2.45, 2.75) is 51.9 Å². The molecule has 0 nitrogen and oxygen atoms in total. The maximum atomic E-state index is 14.1. The molecule has 0 aromatic heterocycles. The lowest BCUT2D eigenvalue weighted by atomic mass is 9.70. The van der Waals surface area contributed by atoms with E-state index in [1.807, 2.05) is 0 Å². The first-order valence-electron chi connectivity index (χ1n) is 8.08. The Kier molecular flexibility index (Phi) is 5.19. The van der Waals surface area contributed by atoms with Crippen LogP contribution in [0, 0.1) is 13.8 Å². The topological polar surface area (TPSA) is 0 Å². The third-order valence-electron chi connectivity index (χ3n) is 5.06. The molecule has 0 heterocycles. The molecule has 2 rings (SSSR count). The average Bonchev–Trinajstić information content (AvgIpc) is 2.64. The minimum Gasteiger partial charge on any atom is -0.169 e. The summed E-state index contributed by atoms with van der Waals surface area (Å²) in [6, 6.07) is 3.23. The Hall–Kier alpha value is -1.98. The Bertz CT molecular complexity index is 773. The zero-order valence-corrected chi connectivity index (χ0v) is 14.9. The fraction of sp³-hybridized carbons (Fsp3) is 0.400. The summed E-state index contributed by atoms with van der Waals surface area (Å²) in [5.41, 5.74) is -3.26. The van der Waals surface area contributed by atoms with Gasteiger partial charge in [-0.2, -0.15) is 26.3 Å². The van der Waals surface area contributed by atoms with E-state index in [-0.39, 0.29) is 0 Å². The highest BCUT2D eigenvalue weighted by Gasteiger charge is 2.73. The number of hydrogen-bond donors (Lipinski definition) is 0. The molecule has 0 fully saturated rings. The van der Waals surface area contributed by atoms with Crippen molar-refractivity contribution in [3.63, 3.8) is 0 Å². The number of hydrogen-bond acceptors (Lipinski definition) is 0. The van der Waals surface area contributed by atoms with E-state index >= 15 is 0 Å². The first kappa shape index (κ1) is 20.3. The average molecular weight is 374 g/mol. The number of alkyl halides is 6. The van der Waals surface area contributed by atoms with Gasteiger partial charge in [0, 0.05) is 0 Å². The number of halogens is 6. The smallest absolute Gasteiger partial charge is 0.169 e. The van der Waals surface area contributed by atoms with Gasteiger partial charge in [0.25, 0.3) is 0 Å². The number of rotatable bonds is 2. The monoisotopic (exact) mass is 374 g/mol. The van der Waals surface area contributed by atoms with Crippen LogP contribution in [-0.4, -0.2) is 12.4 Å². The summed E-state index contributed by atoms with van der Waals surface area (Å²) in [6.45, 7) is 6.47. The van der Waals surface area contributed by atoms with Gasteiger partial charge in [-0.3, -0.25) is 0 Å². The lowest BCUT2D eigenvalue weighted by Gasteiger charge is -2.40. The van der Waals surface area contributed by atoms with Crippen LogP contribution in [0.1, 0.15) is 37.0 Å². The molecule has 0 amide bonds. The van der Waals surface area contributed by atoms with Gasteiger partial charge in [-0.1, -0.05) is 42.0 Å². The van der Waals surface area contributed by atoms with Crippen LogP contribution in [0.4, 0.5) is 26.3 Å². The van der Waals surface area contributed by atoms with Gasteiger partial charge in [0.2, 0.25) is 5.41 Å². The highest BCUT2D eigenvalue weighted by molar-refractivity contribution is 5.49. The van der Waals surface area contributed by atoms with Crippen LogP contribution in [0.15, 0.2) is 53.1 Å². The molecule has 0 bridgehead atoms. The third kappa shape index (κ3) is 3.21. The van der Waals surface area contributed by atoms with Gasteiger partial charge >= 0.3 is 12.4 Å². The lowest BCUT2D eigenvalue weighted by molar-refractivity contribution is -0.290. The number of aryl methyl sites for hydroxylation is 2. The predicted octanol–water partition coefficient (Wildman–Crippen LogP) is 6.89.